The van der Waals surface area contributed by atoms with Crippen LogP contribution in [-0.4, -0.2) is 45.1 Å². The minimum absolute atomic E-state index is 0.122. The summed E-state index contributed by atoms with van der Waals surface area (Å²) in [6, 6.07) is 4.27. The van der Waals surface area contributed by atoms with Gasteiger partial charge in [-0.15, -0.1) is 0 Å². The Morgan fingerprint density at radius 1 is 1.43 bits per heavy atom. The summed E-state index contributed by atoms with van der Waals surface area (Å²) < 4.78 is 42.4. The Labute approximate surface area is 146 Å². The van der Waals surface area contributed by atoms with Crippen LogP contribution in [0.25, 0.3) is 0 Å². The molecule has 130 valence electrons. The molecule has 1 rings (SSSR count). The van der Waals surface area contributed by atoms with E-state index < -0.39 is 16.6 Å². The molecule has 1 aromatic carbocycles. The molecule has 1 unspecified atom stereocenters. The van der Waals surface area contributed by atoms with E-state index in [0.717, 1.165) is 6.26 Å². The maximum absolute atomic E-state index is 12.7. The minimum Gasteiger partial charge on any atom is -0.306 e. The second kappa shape index (κ2) is 8.53. The summed E-state index contributed by atoms with van der Waals surface area (Å²) in [7, 11) is -1.71. The average Bonchev–Trinajstić information content (AvgIpc) is 2.45. The maximum Gasteiger partial charge on any atom is 0.354 e. The van der Waals surface area contributed by atoms with Gasteiger partial charge in [0.25, 0.3) is 0 Å². The summed E-state index contributed by atoms with van der Waals surface area (Å²) in [5, 5.41) is 0.201. The highest BCUT2D eigenvalue weighted by Gasteiger charge is 2.27. The first-order valence-corrected chi connectivity index (χ1v) is 12.2. The van der Waals surface area contributed by atoms with Crippen LogP contribution in [0.2, 0.25) is 5.02 Å². The van der Waals surface area contributed by atoms with Crippen LogP contribution in [0.3, 0.4) is 0 Å². The van der Waals surface area contributed by atoms with Crippen LogP contribution in [0.15, 0.2) is 28.1 Å². The van der Waals surface area contributed by atoms with Crippen LogP contribution in [-0.2, 0) is 18.9 Å². The van der Waals surface area contributed by atoms with Crippen molar-refractivity contribution >= 4 is 51.6 Å². The van der Waals surface area contributed by atoms with Crippen LogP contribution in [0.1, 0.15) is 13.8 Å². The fraction of sp³-hybridized carbons (Fsp3) is 0.462. The quantitative estimate of drug-likeness (QED) is 0.370. The zero-order valence-electron chi connectivity index (χ0n) is 13.4. The van der Waals surface area contributed by atoms with E-state index in [2.05, 4.69) is 4.99 Å². The van der Waals surface area contributed by atoms with Gasteiger partial charge in [0.05, 0.1) is 28.6 Å². The molecule has 0 aromatic heterocycles. The molecule has 0 aliphatic carbocycles. The summed E-state index contributed by atoms with van der Waals surface area (Å²) >= 11 is 7.27. The van der Waals surface area contributed by atoms with Gasteiger partial charge in [-0.05, 0) is 36.5 Å². The normalized spacial score (nSPS) is 14.8. The van der Waals surface area contributed by atoms with E-state index in [9.17, 15) is 13.0 Å². The van der Waals surface area contributed by atoms with Crippen molar-refractivity contribution in [3.05, 3.63) is 23.2 Å². The number of halogens is 1. The molecule has 0 aliphatic rings. The molecule has 1 atom stereocenters. The number of hydrogen-bond acceptors (Lipinski definition) is 6. The number of rotatable bonds is 8. The Kier molecular flexibility index (Phi) is 7.61. The van der Waals surface area contributed by atoms with E-state index in [1.165, 1.54) is 40.6 Å². The molecule has 0 fully saturated rings. The maximum atomic E-state index is 12.7. The van der Waals surface area contributed by atoms with E-state index in [4.69, 9.17) is 16.1 Å². The summed E-state index contributed by atoms with van der Waals surface area (Å²) in [5.74, 6) is 0.638. The molecule has 0 saturated carbocycles. The number of benzene rings is 1. The highest BCUT2D eigenvalue weighted by Crippen LogP contribution is 2.61. The van der Waals surface area contributed by atoms with Crippen molar-refractivity contribution in [3.8, 4) is 0 Å². The molecular formula is C13H20ClN2O4PS2. The van der Waals surface area contributed by atoms with Gasteiger partial charge < -0.3 is 4.52 Å². The molecule has 0 aliphatic heterocycles. The van der Waals surface area contributed by atoms with Crippen LogP contribution >= 0.6 is 29.7 Å². The van der Waals surface area contributed by atoms with E-state index >= 15 is 0 Å². The van der Waals surface area contributed by atoms with Gasteiger partial charge in [0.15, 0.2) is 9.84 Å². The predicted octanol–water partition coefficient (Wildman–Crippen LogP) is 4.23. The first-order chi connectivity index (χ1) is 10.6. The van der Waals surface area contributed by atoms with Gasteiger partial charge in [0, 0.05) is 19.1 Å². The lowest BCUT2D eigenvalue weighted by atomic mass is 10.3. The molecule has 0 saturated heterocycles. The standard InChI is InChI=1S/C13H20ClN2O4PS2/c1-5-20-21(17,22-6-2)16(3)10-15-13-8-7-11(9-12(13)14)23(4,18)19/h7-10H,5-6H2,1-4H3. The largest absolute Gasteiger partial charge is 0.354 e. The third kappa shape index (κ3) is 5.80. The van der Waals surface area contributed by atoms with Gasteiger partial charge in [-0.3, -0.25) is 9.24 Å². The highest BCUT2D eigenvalue weighted by atomic mass is 35.5. The zero-order chi connectivity index (χ0) is 17.7. The highest BCUT2D eigenvalue weighted by molar-refractivity contribution is 8.55. The first-order valence-electron chi connectivity index (χ1n) is 6.80. The van der Waals surface area contributed by atoms with Crippen molar-refractivity contribution in [1.82, 2.24) is 4.67 Å². The van der Waals surface area contributed by atoms with Crippen molar-refractivity contribution < 1.29 is 17.5 Å². The fourth-order valence-electron chi connectivity index (χ4n) is 1.58. The lowest BCUT2D eigenvalue weighted by molar-refractivity contribution is 0.324. The monoisotopic (exact) mass is 398 g/mol. The average molecular weight is 399 g/mol. The van der Waals surface area contributed by atoms with Crippen LogP contribution in [0.4, 0.5) is 5.69 Å². The Hall–Kier alpha value is -0.530. The number of nitrogens with zero attached hydrogens (tertiary/aromatic N) is 2. The Morgan fingerprint density at radius 3 is 2.57 bits per heavy atom. The lowest BCUT2D eigenvalue weighted by Gasteiger charge is -2.24. The van der Waals surface area contributed by atoms with E-state index in [1.54, 1.807) is 14.0 Å². The first kappa shape index (κ1) is 20.5. The molecular weight excluding hydrogens is 379 g/mol. The summed E-state index contributed by atoms with van der Waals surface area (Å²) in [4.78, 5) is 4.29. The van der Waals surface area contributed by atoms with Gasteiger partial charge in [-0.2, -0.15) is 0 Å². The SMILES string of the molecule is CCOP(=O)(SCC)N(C)C=Nc1ccc(S(C)(=O)=O)cc1Cl. The third-order valence-corrected chi connectivity index (χ3v) is 8.98. The van der Waals surface area contributed by atoms with Crippen molar-refractivity contribution in [2.45, 2.75) is 18.7 Å². The van der Waals surface area contributed by atoms with Gasteiger partial charge in [-0.25, -0.2) is 13.4 Å². The molecule has 6 nitrogen and oxygen atoms in total. The molecule has 0 spiro atoms. The molecule has 0 bridgehead atoms. The van der Waals surface area contributed by atoms with Crippen LogP contribution < -0.4 is 0 Å². The Morgan fingerprint density at radius 2 is 2.09 bits per heavy atom. The van der Waals surface area contributed by atoms with E-state index in [1.807, 2.05) is 6.92 Å². The van der Waals surface area contributed by atoms with E-state index in [-0.39, 0.29) is 9.92 Å². The summed E-state index contributed by atoms with van der Waals surface area (Å²) in [6.07, 6.45) is 2.48. The minimum atomic E-state index is -3.33. The smallest absolute Gasteiger partial charge is 0.306 e. The number of aliphatic imine (C=N–C) groups is 1. The van der Waals surface area contributed by atoms with E-state index in [0.29, 0.717) is 18.0 Å². The van der Waals surface area contributed by atoms with Crippen LogP contribution in [0.5, 0.6) is 0 Å². The van der Waals surface area contributed by atoms with Gasteiger partial charge in [0.2, 0.25) is 0 Å². The van der Waals surface area contributed by atoms with Gasteiger partial charge in [0.1, 0.15) is 0 Å². The lowest BCUT2D eigenvalue weighted by Crippen LogP contribution is -2.13. The van der Waals surface area contributed by atoms with Crippen molar-refractivity contribution in [3.63, 3.8) is 0 Å². The van der Waals surface area contributed by atoms with Crippen molar-refractivity contribution in [2.24, 2.45) is 4.99 Å². The third-order valence-electron chi connectivity index (χ3n) is 2.68. The molecule has 0 radical (unpaired) electrons. The molecule has 0 N–H and O–H groups in total. The number of hydrogen-bond donors (Lipinski definition) is 0. The zero-order valence-corrected chi connectivity index (χ0v) is 16.7. The second-order valence-corrected chi connectivity index (χ2v) is 11.8. The summed E-state index contributed by atoms with van der Waals surface area (Å²) in [6.45, 7) is 0.952. The Bertz CT molecular complexity index is 715. The van der Waals surface area contributed by atoms with Crippen molar-refractivity contribution in [2.75, 3.05) is 25.7 Å². The number of sulfone groups is 1. The molecule has 0 heterocycles. The van der Waals surface area contributed by atoms with Gasteiger partial charge >= 0.3 is 6.72 Å². The topological polar surface area (TPSA) is 76.0 Å². The molecule has 0 amide bonds. The summed E-state index contributed by atoms with van der Waals surface area (Å²) in [5.41, 5.74) is 0.385. The predicted molar refractivity (Wildman–Crippen MR) is 97.8 cm³/mol. The second-order valence-electron chi connectivity index (χ2n) is 4.51. The van der Waals surface area contributed by atoms with Crippen LogP contribution in [0, 0.1) is 0 Å². The molecule has 1 aromatic rings. The van der Waals surface area contributed by atoms with Gasteiger partial charge in [-0.1, -0.05) is 18.5 Å². The molecule has 10 heteroatoms. The van der Waals surface area contributed by atoms with Crippen molar-refractivity contribution in [1.29, 1.82) is 0 Å². The molecule has 23 heavy (non-hydrogen) atoms. The Balaban J connectivity index is 3.02. The fourth-order valence-corrected chi connectivity index (χ4v) is 5.98.